The number of rotatable bonds is 3. The Morgan fingerprint density at radius 3 is 2.86 bits per heavy atom. The van der Waals surface area contributed by atoms with Crippen LogP contribution in [0.1, 0.15) is 52.9 Å². The highest BCUT2D eigenvalue weighted by Crippen LogP contribution is 2.49. The van der Waals surface area contributed by atoms with Crippen molar-refractivity contribution in [2.45, 2.75) is 71.1 Å². The van der Waals surface area contributed by atoms with E-state index in [0.717, 1.165) is 44.4 Å². The second kappa shape index (κ2) is 7.56. The summed E-state index contributed by atoms with van der Waals surface area (Å²) >= 11 is 0. The van der Waals surface area contributed by atoms with Crippen LogP contribution in [0.3, 0.4) is 0 Å². The van der Waals surface area contributed by atoms with Crippen molar-refractivity contribution in [2.24, 2.45) is 11.8 Å². The fourth-order valence-electron chi connectivity index (χ4n) is 5.41. The van der Waals surface area contributed by atoms with Crippen molar-refractivity contribution < 1.29 is 24.1 Å². The van der Waals surface area contributed by atoms with Gasteiger partial charge in [-0.15, -0.1) is 0 Å². The first-order valence-electron chi connectivity index (χ1n) is 10.5. The monoisotopic (exact) mass is 389 g/mol. The van der Waals surface area contributed by atoms with Crippen molar-refractivity contribution in [3.8, 4) is 0 Å². The summed E-state index contributed by atoms with van der Waals surface area (Å²) in [6.45, 7) is 6.86. The quantitative estimate of drug-likeness (QED) is 0.748. The Kier molecular flexibility index (Phi) is 5.27. The van der Waals surface area contributed by atoms with Gasteiger partial charge in [0.15, 0.2) is 11.5 Å². The second-order valence-corrected chi connectivity index (χ2v) is 8.33. The molecule has 154 valence electrons. The molecule has 1 N–H and O–H groups in total. The van der Waals surface area contributed by atoms with Gasteiger partial charge in [-0.25, -0.2) is 4.79 Å². The SMILES string of the molecule is CC[C@H](O)[C@@H]1CCC[C@H]2[C@@H]3C(=CCCN21)O/C(=C1\OC(=O)C(C)=C1OC)[C@H]3C. The third kappa shape index (κ3) is 2.98. The van der Waals surface area contributed by atoms with E-state index in [2.05, 4.69) is 24.8 Å². The van der Waals surface area contributed by atoms with Gasteiger partial charge in [-0.05, 0) is 38.7 Å². The van der Waals surface area contributed by atoms with Crippen molar-refractivity contribution in [3.63, 3.8) is 0 Å². The maximum absolute atomic E-state index is 12.1. The maximum Gasteiger partial charge on any atom is 0.343 e. The molecular formula is C22H31NO5. The van der Waals surface area contributed by atoms with Crippen LogP contribution in [0.4, 0.5) is 0 Å². The molecule has 2 saturated heterocycles. The molecular weight excluding hydrogens is 358 g/mol. The summed E-state index contributed by atoms with van der Waals surface area (Å²) < 4.78 is 17.3. The van der Waals surface area contributed by atoms with Crippen molar-refractivity contribution in [3.05, 3.63) is 34.7 Å². The van der Waals surface area contributed by atoms with Gasteiger partial charge >= 0.3 is 5.97 Å². The number of ether oxygens (including phenoxy) is 3. The number of carbonyl (C=O) groups is 1. The second-order valence-electron chi connectivity index (χ2n) is 8.33. The standard InChI is InChI=1S/C22H31NO5/c1-5-16(24)14-8-6-9-15-18-12(2)20(27-17(18)10-7-11-23(14)15)21-19(26-4)13(3)22(25)28-21/h10,12,14-16,18,24H,5-9,11H2,1-4H3/b21-20-/t12-,14-,15-,16-,18+/m0/s1. The summed E-state index contributed by atoms with van der Waals surface area (Å²) in [5.74, 6) is 2.48. The Balaban J connectivity index is 1.69. The van der Waals surface area contributed by atoms with Crippen LogP contribution in [0, 0.1) is 11.8 Å². The van der Waals surface area contributed by atoms with Crippen molar-refractivity contribution in [1.82, 2.24) is 4.90 Å². The number of esters is 1. The Labute approximate surface area is 166 Å². The maximum atomic E-state index is 12.1. The van der Waals surface area contributed by atoms with Crippen LogP contribution >= 0.6 is 0 Å². The van der Waals surface area contributed by atoms with Crippen LogP contribution in [0.25, 0.3) is 0 Å². The normalized spacial score (nSPS) is 36.9. The van der Waals surface area contributed by atoms with E-state index in [1.807, 2.05) is 0 Å². The number of fused-ring (bicyclic) bond motifs is 3. The summed E-state index contributed by atoms with van der Waals surface area (Å²) in [4.78, 5) is 14.6. The van der Waals surface area contributed by atoms with Gasteiger partial charge in [0.05, 0.1) is 18.8 Å². The average Bonchev–Trinajstić information content (AvgIpc) is 3.08. The first kappa shape index (κ1) is 19.5. The highest BCUT2D eigenvalue weighted by Gasteiger charge is 2.49. The van der Waals surface area contributed by atoms with Crippen LogP contribution < -0.4 is 0 Å². The number of carbonyl (C=O) groups excluding carboxylic acids is 1. The number of piperidine rings is 1. The summed E-state index contributed by atoms with van der Waals surface area (Å²) in [5.41, 5.74) is 0.479. The number of allylic oxidation sites excluding steroid dienone is 1. The Hall–Kier alpha value is -1.79. The van der Waals surface area contributed by atoms with E-state index in [-0.39, 0.29) is 30.0 Å². The molecule has 2 fully saturated rings. The molecule has 0 amide bonds. The summed E-state index contributed by atoms with van der Waals surface area (Å²) in [6, 6.07) is 0.538. The number of cyclic esters (lactones) is 1. The van der Waals surface area contributed by atoms with Crippen LogP contribution in [-0.2, 0) is 19.0 Å². The summed E-state index contributed by atoms with van der Waals surface area (Å²) in [6.07, 6.45) is 6.82. The molecule has 0 aromatic carbocycles. The third-order valence-electron chi connectivity index (χ3n) is 6.85. The zero-order chi connectivity index (χ0) is 20.0. The Bertz CT molecular complexity index is 752. The smallest absolute Gasteiger partial charge is 0.343 e. The van der Waals surface area contributed by atoms with Crippen LogP contribution in [0.5, 0.6) is 0 Å². The number of hydrogen-bond acceptors (Lipinski definition) is 6. The van der Waals surface area contributed by atoms with Crippen molar-refractivity contribution in [2.75, 3.05) is 13.7 Å². The van der Waals surface area contributed by atoms with Gasteiger partial charge in [-0.3, -0.25) is 4.90 Å². The van der Waals surface area contributed by atoms with E-state index in [1.165, 1.54) is 0 Å². The van der Waals surface area contributed by atoms with E-state index in [1.54, 1.807) is 14.0 Å². The number of methoxy groups -OCH3 is 1. The minimum absolute atomic E-state index is 0.0771. The van der Waals surface area contributed by atoms with Gasteiger partial charge in [0, 0.05) is 30.5 Å². The largest absolute Gasteiger partial charge is 0.492 e. The summed E-state index contributed by atoms with van der Waals surface area (Å²) in [7, 11) is 1.55. The fourth-order valence-corrected chi connectivity index (χ4v) is 5.41. The predicted octanol–water partition coefficient (Wildman–Crippen LogP) is 3.24. The lowest BCUT2D eigenvalue weighted by Crippen LogP contribution is -2.54. The highest BCUT2D eigenvalue weighted by atomic mass is 16.6. The predicted molar refractivity (Wildman–Crippen MR) is 104 cm³/mol. The molecule has 0 spiro atoms. The number of aliphatic hydroxyl groups excluding tert-OH is 1. The molecule has 0 radical (unpaired) electrons. The van der Waals surface area contributed by atoms with E-state index >= 15 is 0 Å². The lowest BCUT2D eigenvalue weighted by atomic mass is 9.79. The first-order chi connectivity index (χ1) is 13.5. The molecule has 0 bridgehead atoms. The summed E-state index contributed by atoms with van der Waals surface area (Å²) in [5, 5.41) is 10.6. The highest BCUT2D eigenvalue weighted by molar-refractivity contribution is 5.93. The average molecular weight is 389 g/mol. The first-order valence-corrected chi connectivity index (χ1v) is 10.5. The number of nitrogens with zero attached hydrogens (tertiary/aromatic N) is 1. The molecule has 5 atom stereocenters. The van der Waals surface area contributed by atoms with E-state index < -0.39 is 0 Å². The number of hydrogen-bond donors (Lipinski definition) is 1. The van der Waals surface area contributed by atoms with E-state index in [9.17, 15) is 9.90 Å². The van der Waals surface area contributed by atoms with Crippen LogP contribution in [0.15, 0.2) is 34.7 Å². The zero-order valence-corrected chi connectivity index (χ0v) is 17.2. The molecule has 6 heteroatoms. The van der Waals surface area contributed by atoms with Gasteiger partial charge < -0.3 is 19.3 Å². The van der Waals surface area contributed by atoms with Gasteiger partial charge in [0.25, 0.3) is 0 Å². The molecule has 28 heavy (non-hydrogen) atoms. The lowest BCUT2D eigenvalue weighted by molar-refractivity contribution is -0.133. The molecule has 0 saturated carbocycles. The third-order valence-corrected chi connectivity index (χ3v) is 6.85. The molecule has 4 heterocycles. The molecule has 6 nitrogen and oxygen atoms in total. The van der Waals surface area contributed by atoms with Gasteiger partial charge in [-0.1, -0.05) is 20.3 Å². The van der Waals surface area contributed by atoms with E-state index in [0.29, 0.717) is 28.9 Å². The van der Waals surface area contributed by atoms with Crippen LogP contribution in [-0.4, -0.2) is 47.8 Å². The molecule has 4 aliphatic rings. The fraction of sp³-hybridized carbons (Fsp3) is 0.682. The van der Waals surface area contributed by atoms with Crippen molar-refractivity contribution >= 4 is 5.97 Å². The van der Waals surface area contributed by atoms with Crippen molar-refractivity contribution in [1.29, 1.82) is 0 Å². The lowest BCUT2D eigenvalue weighted by Gasteiger charge is -2.46. The van der Waals surface area contributed by atoms with Gasteiger partial charge in [0.1, 0.15) is 5.76 Å². The van der Waals surface area contributed by atoms with E-state index in [4.69, 9.17) is 14.2 Å². The molecule has 0 unspecified atom stereocenters. The van der Waals surface area contributed by atoms with Gasteiger partial charge in [0.2, 0.25) is 5.76 Å². The minimum atomic E-state index is -0.373. The molecule has 0 aliphatic carbocycles. The Morgan fingerprint density at radius 1 is 1.36 bits per heavy atom. The topological polar surface area (TPSA) is 68.2 Å². The van der Waals surface area contributed by atoms with Gasteiger partial charge in [-0.2, -0.15) is 0 Å². The minimum Gasteiger partial charge on any atom is -0.492 e. The zero-order valence-electron chi connectivity index (χ0n) is 17.2. The molecule has 0 aromatic rings. The number of aliphatic hydroxyl groups is 1. The molecule has 4 rings (SSSR count). The van der Waals surface area contributed by atoms with Crippen LogP contribution in [0.2, 0.25) is 0 Å². The Morgan fingerprint density at radius 2 is 2.14 bits per heavy atom. The molecule has 0 aromatic heterocycles. The molecule has 4 aliphatic heterocycles.